The molecule has 0 aliphatic carbocycles. The third kappa shape index (κ3) is 6.40. The molecule has 2 aromatic heterocycles. The molecular formula is C35H34N6O5S. The molecule has 1 atom stereocenters. The van der Waals surface area contributed by atoms with Crippen LogP contribution in [0.2, 0.25) is 0 Å². The summed E-state index contributed by atoms with van der Waals surface area (Å²) in [6.45, 7) is 6.18. The first-order valence-electron chi connectivity index (χ1n) is 15.2. The molecule has 4 amide bonds. The molecule has 240 valence electrons. The number of piperidine rings is 1. The Morgan fingerprint density at radius 1 is 1.15 bits per heavy atom. The summed E-state index contributed by atoms with van der Waals surface area (Å²) in [7, 11) is 1.52. The Morgan fingerprint density at radius 2 is 1.94 bits per heavy atom. The van der Waals surface area contributed by atoms with Gasteiger partial charge in [-0.2, -0.15) is 5.26 Å². The maximum atomic E-state index is 13.7. The molecule has 2 aromatic carbocycles. The maximum absolute atomic E-state index is 13.7. The normalized spacial score (nSPS) is 16.4. The summed E-state index contributed by atoms with van der Waals surface area (Å²) in [6.07, 6.45) is 4.47. The highest BCUT2D eigenvalue weighted by Gasteiger charge is 2.35. The van der Waals surface area contributed by atoms with Gasteiger partial charge in [0.05, 0.1) is 28.0 Å². The second-order valence-electron chi connectivity index (χ2n) is 12.0. The number of likely N-dealkylation sites (tertiary alicyclic amines) is 1. The van der Waals surface area contributed by atoms with E-state index in [1.807, 2.05) is 61.5 Å². The number of rotatable bonds is 8. The number of amides is 4. The highest BCUT2D eigenvalue weighted by Crippen LogP contribution is 2.46. The van der Waals surface area contributed by atoms with Crippen molar-refractivity contribution in [2.45, 2.75) is 45.3 Å². The van der Waals surface area contributed by atoms with Gasteiger partial charge in [0.2, 0.25) is 0 Å². The van der Waals surface area contributed by atoms with E-state index < -0.39 is 17.5 Å². The number of carbonyl (C=O) groups is 3. The fourth-order valence-electron chi connectivity index (χ4n) is 5.80. The van der Waals surface area contributed by atoms with E-state index in [1.54, 1.807) is 35.9 Å². The first kappa shape index (κ1) is 31.7. The van der Waals surface area contributed by atoms with Crippen molar-refractivity contribution >= 4 is 56.5 Å². The Bertz CT molecular complexity index is 1950. The van der Waals surface area contributed by atoms with Crippen molar-refractivity contribution in [2.75, 3.05) is 30.4 Å². The molecular weight excluding hydrogens is 616 g/mol. The highest BCUT2D eigenvalue weighted by molar-refractivity contribution is 7.21. The minimum absolute atomic E-state index is 0.00257. The quantitative estimate of drug-likeness (QED) is 0.160. The molecule has 4 aromatic rings. The number of anilines is 3. The molecule has 0 radical (unpaired) electrons. The number of ether oxygens (including phenoxy) is 2. The van der Waals surface area contributed by atoms with E-state index in [1.165, 1.54) is 24.5 Å². The zero-order valence-corrected chi connectivity index (χ0v) is 27.3. The van der Waals surface area contributed by atoms with Crippen LogP contribution in [0.25, 0.3) is 10.2 Å². The minimum atomic E-state index is -0.779. The Balaban J connectivity index is 1.23. The van der Waals surface area contributed by atoms with E-state index >= 15 is 0 Å². The van der Waals surface area contributed by atoms with Crippen molar-refractivity contribution in [3.8, 4) is 17.6 Å². The zero-order chi connectivity index (χ0) is 33.3. The Hall–Kier alpha value is -5.25. The number of benzene rings is 2. The van der Waals surface area contributed by atoms with Crippen LogP contribution in [0.3, 0.4) is 0 Å². The van der Waals surface area contributed by atoms with Gasteiger partial charge in [-0.3, -0.25) is 14.5 Å². The number of pyridine rings is 1. The SMILES string of the molecule is COC(C)(C)/C=C(/C#N)C(=O)N1CCC[C@@H](NC(=O)c2sc3nccc4c3c2NC(=O)N4c2ccc(Oc3ccccc3)cc2C)C1. The van der Waals surface area contributed by atoms with Crippen LogP contribution in [0.15, 0.2) is 72.4 Å². The van der Waals surface area contributed by atoms with Gasteiger partial charge in [-0.25, -0.2) is 9.78 Å². The molecule has 6 rings (SSSR count). The molecule has 1 saturated heterocycles. The largest absolute Gasteiger partial charge is 0.457 e. The van der Waals surface area contributed by atoms with E-state index in [2.05, 4.69) is 15.6 Å². The van der Waals surface area contributed by atoms with Crippen molar-refractivity contribution in [3.63, 3.8) is 0 Å². The number of aryl methyl sites for hydroxylation is 1. The van der Waals surface area contributed by atoms with Crippen molar-refractivity contribution in [3.05, 3.63) is 82.9 Å². The van der Waals surface area contributed by atoms with E-state index in [9.17, 15) is 19.6 Å². The van der Waals surface area contributed by atoms with Gasteiger partial charge in [-0.05, 0) is 81.7 Å². The second-order valence-corrected chi connectivity index (χ2v) is 13.0. The fourth-order valence-corrected chi connectivity index (χ4v) is 6.82. The average Bonchev–Trinajstić information content (AvgIpc) is 3.44. The number of aromatic nitrogens is 1. The van der Waals surface area contributed by atoms with E-state index in [0.717, 1.165) is 5.56 Å². The summed E-state index contributed by atoms with van der Waals surface area (Å²) in [5, 5.41) is 16.3. The number of nitriles is 1. The molecule has 1 fully saturated rings. The van der Waals surface area contributed by atoms with Crippen molar-refractivity contribution in [1.29, 1.82) is 5.26 Å². The van der Waals surface area contributed by atoms with Crippen LogP contribution in [0.5, 0.6) is 11.5 Å². The van der Waals surface area contributed by atoms with Crippen LogP contribution in [-0.4, -0.2) is 59.6 Å². The Labute approximate surface area is 276 Å². The number of para-hydroxylation sites is 1. The lowest BCUT2D eigenvalue weighted by atomic mass is 10.0. The van der Waals surface area contributed by atoms with Crippen molar-refractivity contribution in [2.24, 2.45) is 0 Å². The summed E-state index contributed by atoms with van der Waals surface area (Å²) in [5.41, 5.74) is 1.74. The second kappa shape index (κ2) is 12.9. The van der Waals surface area contributed by atoms with Gasteiger partial charge in [0.25, 0.3) is 11.8 Å². The van der Waals surface area contributed by atoms with Gasteiger partial charge in [0.1, 0.15) is 32.8 Å². The zero-order valence-electron chi connectivity index (χ0n) is 26.5. The van der Waals surface area contributed by atoms with Crippen LogP contribution >= 0.6 is 11.3 Å². The summed E-state index contributed by atoms with van der Waals surface area (Å²) in [6, 6.07) is 18.0. The number of hydrogen-bond acceptors (Lipinski definition) is 8. The van der Waals surface area contributed by atoms with Gasteiger partial charge in [0, 0.05) is 32.4 Å². The number of nitrogens with one attached hydrogen (secondary N) is 2. The lowest BCUT2D eigenvalue weighted by Gasteiger charge is -2.33. The molecule has 47 heavy (non-hydrogen) atoms. The Kier molecular flexibility index (Phi) is 8.68. The van der Waals surface area contributed by atoms with Crippen LogP contribution in [0, 0.1) is 18.3 Å². The first-order chi connectivity index (χ1) is 22.6. The van der Waals surface area contributed by atoms with Crippen LogP contribution in [-0.2, 0) is 9.53 Å². The lowest BCUT2D eigenvalue weighted by Crippen LogP contribution is -2.50. The minimum Gasteiger partial charge on any atom is -0.457 e. The summed E-state index contributed by atoms with van der Waals surface area (Å²) < 4.78 is 11.3. The smallest absolute Gasteiger partial charge is 0.331 e. The molecule has 2 aliphatic rings. The fraction of sp³-hybridized carbons (Fsp3) is 0.286. The van der Waals surface area contributed by atoms with Gasteiger partial charge in [0.15, 0.2) is 0 Å². The number of thiophene rings is 1. The van der Waals surface area contributed by atoms with Gasteiger partial charge in [-0.1, -0.05) is 18.2 Å². The number of methoxy groups -OCH3 is 1. The molecule has 11 nitrogen and oxygen atoms in total. The predicted octanol–water partition coefficient (Wildman–Crippen LogP) is 6.68. The van der Waals surface area contributed by atoms with Crippen LogP contribution in [0.1, 0.15) is 41.9 Å². The van der Waals surface area contributed by atoms with E-state index in [0.29, 0.717) is 63.0 Å². The summed E-state index contributed by atoms with van der Waals surface area (Å²) in [5.74, 6) is 0.593. The Morgan fingerprint density at radius 3 is 2.66 bits per heavy atom. The number of nitrogens with zero attached hydrogens (tertiary/aromatic N) is 4. The number of urea groups is 1. The van der Waals surface area contributed by atoms with Gasteiger partial charge < -0.3 is 25.0 Å². The molecule has 0 bridgehead atoms. The van der Waals surface area contributed by atoms with Gasteiger partial charge >= 0.3 is 6.03 Å². The third-order valence-corrected chi connectivity index (χ3v) is 9.35. The molecule has 0 saturated carbocycles. The maximum Gasteiger partial charge on any atom is 0.331 e. The molecule has 12 heteroatoms. The van der Waals surface area contributed by atoms with E-state index in [4.69, 9.17) is 9.47 Å². The van der Waals surface area contributed by atoms with Crippen LogP contribution < -0.4 is 20.3 Å². The molecule has 0 spiro atoms. The van der Waals surface area contributed by atoms with Crippen LogP contribution in [0.4, 0.5) is 21.9 Å². The summed E-state index contributed by atoms with van der Waals surface area (Å²) in [4.78, 5) is 49.2. The number of hydrogen-bond donors (Lipinski definition) is 2. The van der Waals surface area contributed by atoms with E-state index in [-0.39, 0.29) is 24.1 Å². The topological polar surface area (TPSA) is 137 Å². The third-order valence-electron chi connectivity index (χ3n) is 8.25. The molecule has 2 aliphatic heterocycles. The standard InChI is InChI=1S/C35H34N6O5S/c1-21-17-25(46-24-10-6-5-7-11-24)12-13-26(21)41-27-14-15-37-32-28(27)29(39-34(41)44)30(47-32)31(42)38-23-9-8-16-40(20-23)33(43)22(19-36)18-35(2,3)45-4/h5-7,10-15,17-18,23H,8-9,16,20H2,1-4H3,(H,38,42)(H,39,44)/b22-18-/t23-/m1/s1. The lowest BCUT2D eigenvalue weighted by molar-refractivity contribution is -0.128. The van der Waals surface area contributed by atoms with Gasteiger partial charge in [-0.15, -0.1) is 11.3 Å². The number of carbonyl (C=O) groups excluding carboxylic acids is 3. The summed E-state index contributed by atoms with van der Waals surface area (Å²) >= 11 is 1.20. The van der Waals surface area contributed by atoms with Crippen molar-refractivity contribution in [1.82, 2.24) is 15.2 Å². The van der Waals surface area contributed by atoms with Crippen molar-refractivity contribution < 1.29 is 23.9 Å². The molecule has 0 unspecified atom stereocenters. The monoisotopic (exact) mass is 650 g/mol. The first-order valence-corrected chi connectivity index (χ1v) is 16.0. The average molecular weight is 651 g/mol. The highest BCUT2D eigenvalue weighted by atomic mass is 32.1. The molecule has 4 heterocycles. The predicted molar refractivity (Wildman–Crippen MR) is 180 cm³/mol. The molecule has 2 N–H and O–H groups in total.